The number of nitrogens with one attached hydrogen (secondary N) is 1. The fourth-order valence-electron chi connectivity index (χ4n) is 3.43. The number of hydrogen-bond acceptors (Lipinski definition) is 3. The Morgan fingerprint density at radius 2 is 1.95 bits per heavy atom. The molecular weight excluding hydrogens is 270 g/mol. The predicted molar refractivity (Wildman–Crippen MR) is 86.7 cm³/mol. The van der Waals surface area contributed by atoms with E-state index in [9.17, 15) is 8.42 Å². The van der Waals surface area contributed by atoms with Gasteiger partial charge >= 0.3 is 0 Å². The van der Waals surface area contributed by atoms with Gasteiger partial charge in [0.1, 0.15) is 9.84 Å². The summed E-state index contributed by atoms with van der Waals surface area (Å²) in [6, 6.07) is 0.601. The third-order valence-corrected chi connectivity index (χ3v) is 5.74. The fraction of sp³-hybridized carbons (Fsp3) is 1.00. The van der Waals surface area contributed by atoms with Crippen LogP contribution in [-0.4, -0.2) is 33.0 Å². The Bertz CT molecular complexity index is 365. The average Bonchev–Trinajstić information content (AvgIpc) is 2.35. The van der Waals surface area contributed by atoms with Gasteiger partial charge in [0.15, 0.2) is 0 Å². The van der Waals surface area contributed by atoms with E-state index < -0.39 is 9.84 Å². The average molecular weight is 304 g/mol. The maximum absolute atomic E-state index is 11.3. The summed E-state index contributed by atoms with van der Waals surface area (Å²) in [7, 11) is -2.81. The minimum absolute atomic E-state index is 0.344. The van der Waals surface area contributed by atoms with Crippen molar-refractivity contribution in [2.45, 2.75) is 65.3 Å². The van der Waals surface area contributed by atoms with Crippen LogP contribution < -0.4 is 5.32 Å². The molecule has 0 aromatic carbocycles. The summed E-state index contributed by atoms with van der Waals surface area (Å²) in [5.74, 6) is 2.57. The molecule has 1 rings (SSSR count). The number of sulfone groups is 1. The Morgan fingerprint density at radius 1 is 1.25 bits per heavy atom. The normalized spacial score (nSPS) is 27.9. The first-order valence-electron chi connectivity index (χ1n) is 8.24. The van der Waals surface area contributed by atoms with Crippen LogP contribution in [0.1, 0.15) is 59.3 Å². The molecule has 20 heavy (non-hydrogen) atoms. The lowest BCUT2D eigenvalue weighted by Gasteiger charge is -2.38. The van der Waals surface area contributed by atoms with Gasteiger partial charge < -0.3 is 5.32 Å². The Labute approximate surface area is 125 Å². The summed E-state index contributed by atoms with van der Waals surface area (Å²) in [5, 5.41) is 3.68. The highest BCUT2D eigenvalue weighted by Gasteiger charge is 2.31. The zero-order valence-electron chi connectivity index (χ0n) is 13.7. The highest BCUT2D eigenvalue weighted by molar-refractivity contribution is 7.90. The van der Waals surface area contributed by atoms with E-state index in [1.165, 1.54) is 31.9 Å². The van der Waals surface area contributed by atoms with Crippen LogP contribution in [0.3, 0.4) is 0 Å². The predicted octanol–water partition coefficient (Wildman–Crippen LogP) is 3.25. The third kappa shape index (κ3) is 6.57. The molecule has 120 valence electrons. The van der Waals surface area contributed by atoms with Crippen molar-refractivity contribution in [2.24, 2.45) is 17.8 Å². The van der Waals surface area contributed by atoms with Gasteiger partial charge in [-0.25, -0.2) is 8.42 Å². The summed E-state index contributed by atoms with van der Waals surface area (Å²) in [6.45, 7) is 7.92. The van der Waals surface area contributed by atoms with Gasteiger partial charge in [0.05, 0.1) is 0 Å². The highest BCUT2D eigenvalue weighted by Crippen LogP contribution is 2.36. The summed E-state index contributed by atoms with van der Waals surface area (Å²) in [6.07, 6.45) is 8.23. The summed E-state index contributed by atoms with van der Waals surface area (Å²) < 4.78 is 22.6. The van der Waals surface area contributed by atoms with Crippen molar-refractivity contribution in [1.29, 1.82) is 0 Å². The first kappa shape index (κ1) is 18.0. The molecule has 0 aromatic rings. The van der Waals surface area contributed by atoms with Crippen molar-refractivity contribution >= 4 is 9.84 Å². The lowest BCUT2D eigenvalue weighted by Crippen LogP contribution is -2.42. The monoisotopic (exact) mass is 303 g/mol. The van der Waals surface area contributed by atoms with Crippen molar-refractivity contribution < 1.29 is 8.42 Å². The SMILES string of the molecule is CCCNC1CCC(C(C)C)CC1CCCS(C)(=O)=O. The summed E-state index contributed by atoms with van der Waals surface area (Å²) in [4.78, 5) is 0. The number of rotatable bonds is 8. The molecule has 1 N–H and O–H groups in total. The largest absolute Gasteiger partial charge is 0.314 e. The van der Waals surface area contributed by atoms with Crippen molar-refractivity contribution in [3.63, 3.8) is 0 Å². The lowest BCUT2D eigenvalue weighted by molar-refractivity contribution is 0.160. The number of hydrogen-bond donors (Lipinski definition) is 1. The molecule has 0 aromatic heterocycles. The van der Waals surface area contributed by atoms with Crippen LogP contribution in [0.4, 0.5) is 0 Å². The highest BCUT2D eigenvalue weighted by atomic mass is 32.2. The third-order valence-electron chi connectivity index (χ3n) is 4.71. The second-order valence-corrected chi connectivity index (χ2v) is 9.17. The molecule has 0 bridgehead atoms. The van der Waals surface area contributed by atoms with Gasteiger partial charge in [-0.2, -0.15) is 0 Å². The molecule has 3 unspecified atom stereocenters. The van der Waals surface area contributed by atoms with Crippen molar-refractivity contribution in [3.05, 3.63) is 0 Å². The van der Waals surface area contributed by atoms with Gasteiger partial charge in [0.2, 0.25) is 0 Å². The van der Waals surface area contributed by atoms with E-state index in [0.717, 1.165) is 31.2 Å². The van der Waals surface area contributed by atoms with Gasteiger partial charge in [-0.15, -0.1) is 0 Å². The first-order chi connectivity index (χ1) is 9.33. The van der Waals surface area contributed by atoms with E-state index in [2.05, 4.69) is 26.1 Å². The molecule has 1 aliphatic rings. The molecule has 4 heteroatoms. The van der Waals surface area contributed by atoms with E-state index in [4.69, 9.17) is 0 Å². The van der Waals surface area contributed by atoms with E-state index >= 15 is 0 Å². The zero-order chi connectivity index (χ0) is 15.2. The van der Waals surface area contributed by atoms with Crippen LogP contribution in [-0.2, 0) is 9.84 Å². The van der Waals surface area contributed by atoms with Crippen LogP contribution in [0.15, 0.2) is 0 Å². The molecule has 1 fully saturated rings. The summed E-state index contributed by atoms with van der Waals surface area (Å²) in [5.41, 5.74) is 0. The van der Waals surface area contributed by atoms with Gasteiger partial charge in [0.25, 0.3) is 0 Å². The van der Waals surface area contributed by atoms with E-state index in [1.54, 1.807) is 0 Å². The molecular formula is C16H33NO2S. The zero-order valence-corrected chi connectivity index (χ0v) is 14.5. The van der Waals surface area contributed by atoms with Crippen LogP contribution in [0.25, 0.3) is 0 Å². The maximum atomic E-state index is 11.3. The van der Waals surface area contributed by atoms with Crippen molar-refractivity contribution in [1.82, 2.24) is 5.32 Å². The standard InChI is InChI=1S/C16H33NO2S/c1-5-10-17-16-9-8-14(13(2)3)12-15(16)7-6-11-20(4,18)19/h13-17H,5-12H2,1-4H3. The quantitative estimate of drug-likeness (QED) is 0.748. The van der Waals surface area contributed by atoms with Crippen molar-refractivity contribution in [2.75, 3.05) is 18.6 Å². The molecule has 0 aliphatic heterocycles. The van der Waals surface area contributed by atoms with Gasteiger partial charge in [0, 0.05) is 18.1 Å². The molecule has 0 saturated heterocycles. The molecule has 0 spiro atoms. The molecule has 0 amide bonds. The van der Waals surface area contributed by atoms with Crippen molar-refractivity contribution in [3.8, 4) is 0 Å². The molecule has 0 heterocycles. The minimum atomic E-state index is -2.81. The molecule has 3 nitrogen and oxygen atoms in total. The van der Waals surface area contributed by atoms with E-state index in [0.29, 0.717) is 17.7 Å². The Morgan fingerprint density at radius 3 is 2.50 bits per heavy atom. The fourth-order valence-corrected chi connectivity index (χ4v) is 4.12. The van der Waals surface area contributed by atoms with Crippen LogP contribution in [0.5, 0.6) is 0 Å². The first-order valence-corrected chi connectivity index (χ1v) is 10.3. The molecule has 1 saturated carbocycles. The van der Waals surface area contributed by atoms with Gasteiger partial charge in [-0.05, 0) is 62.8 Å². The van der Waals surface area contributed by atoms with Gasteiger partial charge in [-0.1, -0.05) is 20.8 Å². The van der Waals surface area contributed by atoms with E-state index in [-0.39, 0.29) is 0 Å². The smallest absolute Gasteiger partial charge is 0.147 e. The maximum Gasteiger partial charge on any atom is 0.147 e. The summed E-state index contributed by atoms with van der Waals surface area (Å²) >= 11 is 0. The van der Waals surface area contributed by atoms with Crippen LogP contribution in [0.2, 0.25) is 0 Å². The Hall–Kier alpha value is -0.0900. The van der Waals surface area contributed by atoms with Crippen LogP contribution >= 0.6 is 0 Å². The molecule has 0 radical (unpaired) electrons. The second kappa shape index (κ2) is 8.38. The molecule has 1 aliphatic carbocycles. The lowest BCUT2D eigenvalue weighted by atomic mass is 9.72. The molecule has 3 atom stereocenters. The Balaban J connectivity index is 2.52. The van der Waals surface area contributed by atoms with Crippen LogP contribution in [0, 0.1) is 17.8 Å². The minimum Gasteiger partial charge on any atom is -0.314 e. The van der Waals surface area contributed by atoms with E-state index in [1.807, 2.05) is 0 Å². The topological polar surface area (TPSA) is 46.2 Å². The second-order valence-electron chi connectivity index (χ2n) is 6.91. The van der Waals surface area contributed by atoms with Gasteiger partial charge in [-0.3, -0.25) is 0 Å². The Kier molecular flexibility index (Phi) is 7.52.